The summed E-state index contributed by atoms with van der Waals surface area (Å²) in [7, 11) is 3.21. The van der Waals surface area contributed by atoms with Gasteiger partial charge in [-0.05, 0) is 66.6 Å². The van der Waals surface area contributed by atoms with Crippen molar-refractivity contribution in [2.24, 2.45) is 0 Å². The molecule has 0 spiro atoms. The van der Waals surface area contributed by atoms with Crippen LogP contribution in [0.4, 0.5) is 5.69 Å². The van der Waals surface area contributed by atoms with E-state index in [1.54, 1.807) is 37.4 Å². The lowest BCUT2D eigenvalue weighted by Crippen LogP contribution is -2.27. The van der Waals surface area contributed by atoms with Crippen LogP contribution in [-0.4, -0.2) is 25.1 Å². The molecule has 4 aromatic rings. The number of benzene rings is 3. The van der Waals surface area contributed by atoms with Crippen LogP contribution in [-0.2, 0) is 11.3 Å². The van der Waals surface area contributed by atoms with Gasteiger partial charge in [-0.3, -0.25) is 4.79 Å². The number of hydrogen-bond donors (Lipinski definition) is 0. The summed E-state index contributed by atoms with van der Waals surface area (Å²) < 4.78 is 11.9. The molecule has 1 aromatic heterocycles. The van der Waals surface area contributed by atoms with E-state index in [1.165, 1.54) is 10.3 Å². The summed E-state index contributed by atoms with van der Waals surface area (Å²) in [6.45, 7) is 4.10. The molecule has 1 heterocycles. The zero-order chi connectivity index (χ0) is 22.0. The van der Waals surface area contributed by atoms with E-state index in [-0.39, 0.29) is 5.91 Å². The summed E-state index contributed by atoms with van der Waals surface area (Å²) in [6, 6.07) is 19.9. The number of rotatable bonds is 6. The number of hydrogen-bond acceptors (Lipinski definition) is 5. The number of ether oxygens (including phenoxy) is 2. The van der Waals surface area contributed by atoms with E-state index in [4.69, 9.17) is 14.5 Å². The molecule has 0 fully saturated rings. The molecule has 31 heavy (non-hydrogen) atoms. The molecule has 3 aromatic carbocycles. The van der Waals surface area contributed by atoms with Gasteiger partial charge in [-0.2, -0.15) is 0 Å². The molecule has 0 aliphatic rings. The van der Waals surface area contributed by atoms with Gasteiger partial charge in [0.15, 0.2) is 11.5 Å². The second kappa shape index (κ2) is 8.78. The summed E-state index contributed by atoms with van der Waals surface area (Å²) in [5.74, 6) is 1.28. The Balaban J connectivity index is 1.60. The Hall–Kier alpha value is -3.38. The van der Waals surface area contributed by atoms with E-state index < -0.39 is 0 Å². The molecule has 4 rings (SSSR count). The number of fused-ring (bicyclic) bond motifs is 1. The highest BCUT2D eigenvalue weighted by Gasteiger charge is 2.15. The molecule has 6 heteroatoms. The van der Waals surface area contributed by atoms with E-state index in [2.05, 4.69) is 25.1 Å². The Kier molecular flexibility index (Phi) is 5.91. The van der Waals surface area contributed by atoms with Gasteiger partial charge in [0.1, 0.15) is 5.01 Å². The van der Waals surface area contributed by atoms with Crippen LogP contribution in [0.1, 0.15) is 18.1 Å². The first kappa shape index (κ1) is 20.9. The van der Waals surface area contributed by atoms with E-state index in [0.717, 1.165) is 27.3 Å². The molecule has 0 aliphatic heterocycles. The molecule has 5 nitrogen and oxygen atoms in total. The van der Waals surface area contributed by atoms with Crippen molar-refractivity contribution in [3.05, 3.63) is 71.8 Å². The SMILES string of the molecule is COc1ccc(CN(C(C)=O)c2ccc(-c3nc4ccc(C)cc4s3)cc2)cc1OC. The zero-order valence-corrected chi connectivity index (χ0v) is 18.8. The van der Waals surface area contributed by atoms with Gasteiger partial charge in [-0.15, -0.1) is 11.3 Å². The van der Waals surface area contributed by atoms with Crippen LogP contribution in [0.2, 0.25) is 0 Å². The quantitative estimate of drug-likeness (QED) is 0.384. The number of nitrogens with zero attached hydrogens (tertiary/aromatic N) is 2. The van der Waals surface area contributed by atoms with Gasteiger partial charge >= 0.3 is 0 Å². The van der Waals surface area contributed by atoms with Crippen LogP contribution < -0.4 is 14.4 Å². The lowest BCUT2D eigenvalue weighted by atomic mass is 10.1. The maximum atomic E-state index is 12.4. The Morgan fingerprint density at radius 1 is 0.968 bits per heavy atom. The number of aryl methyl sites for hydroxylation is 1. The lowest BCUT2D eigenvalue weighted by Gasteiger charge is -2.22. The third-order valence-electron chi connectivity index (χ3n) is 5.14. The number of carbonyl (C=O) groups is 1. The van der Waals surface area contributed by atoms with E-state index in [9.17, 15) is 4.79 Å². The van der Waals surface area contributed by atoms with Crippen molar-refractivity contribution in [3.8, 4) is 22.1 Å². The monoisotopic (exact) mass is 432 g/mol. The second-order valence-corrected chi connectivity index (χ2v) is 8.36. The van der Waals surface area contributed by atoms with Gasteiger partial charge in [0.2, 0.25) is 5.91 Å². The highest BCUT2D eigenvalue weighted by Crippen LogP contribution is 2.33. The van der Waals surface area contributed by atoms with E-state index in [0.29, 0.717) is 18.0 Å². The van der Waals surface area contributed by atoms with Gasteiger partial charge < -0.3 is 14.4 Å². The van der Waals surface area contributed by atoms with Crippen LogP contribution >= 0.6 is 11.3 Å². The number of amides is 1. The molecule has 0 aliphatic carbocycles. The van der Waals surface area contributed by atoms with Crippen molar-refractivity contribution >= 4 is 33.1 Å². The summed E-state index contributed by atoms with van der Waals surface area (Å²) >= 11 is 1.68. The molecule has 0 radical (unpaired) electrons. The Bertz CT molecular complexity index is 1230. The fourth-order valence-corrected chi connectivity index (χ4v) is 4.55. The van der Waals surface area contributed by atoms with Crippen molar-refractivity contribution < 1.29 is 14.3 Å². The molecule has 0 atom stereocenters. The van der Waals surface area contributed by atoms with Crippen molar-refractivity contribution in [1.29, 1.82) is 0 Å². The maximum absolute atomic E-state index is 12.4. The average Bonchev–Trinajstić information content (AvgIpc) is 3.20. The van der Waals surface area contributed by atoms with Crippen LogP contribution in [0.25, 0.3) is 20.8 Å². The lowest BCUT2D eigenvalue weighted by molar-refractivity contribution is -0.116. The topological polar surface area (TPSA) is 51.7 Å². The van der Waals surface area contributed by atoms with E-state index in [1.807, 2.05) is 42.5 Å². The van der Waals surface area contributed by atoms with Gasteiger partial charge in [-0.25, -0.2) is 4.98 Å². The molecular formula is C25H24N2O3S. The molecule has 0 bridgehead atoms. The minimum absolute atomic E-state index is 0.0296. The standard InChI is InChI=1S/C25H24N2O3S/c1-16-5-11-21-24(13-16)31-25(26-21)19-7-9-20(10-8-19)27(17(2)28)15-18-6-12-22(29-3)23(14-18)30-4/h5-14H,15H2,1-4H3. The highest BCUT2D eigenvalue weighted by atomic mass is 32.1. The zero-order valence-electron chi connectivity index (χ0n) is 18.0. The maximum Gasteiger partial charge on any atom is 0.224 e. The van der Waals surface area contributed by atoms with Crippen molar-refractivity contribution in [2.45, 2.75) is 20.4 Å². The number of carbonyl (C=O) groups excluding carboxylic acids is 1. The first-order valence-electron chi connectivity index (χ1n) is 9.95. The molecule has 1 amide bonds. The first-order chi connectivity index (χ1) is 15.0. The Morgan fingerprint density at radius 3 is 2.39 bits per heavy atom. The second-order valence-electron chi connectivity index (χ2n) is 7.33. The van der Waals surface area contributed by atoms with E-state index >= 15 is 0 Å². The van der Waals surface area contributed by atoms with Crippen molar-refractivity contribution in [3.63, 3.8) is 0 Å². The summed E-state index contributed by atoms with van der Waals surface area (Å²) in [4.78, 5) is 18.9. The van der Waals surface area contributed by atoms with Crippen LogP contribution in [0, 0.1) is 6.92 Å². The number of anilines is 1. The van der Waals surface area contributed by atoms with Gasteiger partial charge in [0.25, 0.3) is 0 Å². The summed E-state index contributed by atoms with van der Waals surface area (Å²) in [5.41, 5.74) is 5.07. The van der Waals surface area contributed by atoms with Gasteiger partial charge in [0, 0.05) is 18.2 Å². The number of thiazole rings is 1. The van der Waals surface area contributed by atoms with Crippen molar-refractivity contribution in [2.75, 3.05) is 19.1 Å². The van der Waals surface area contributed by atoms with Crippen LogP contribution in [0.15, 0.2) is 60.7 Å². The minimum Gasteiger partial charge on any atom is -0.493 e. The minimum atomic E-state index is -0.0296. The largest absolute Gasteiger partial charge is 0.493 e. The molecular weight excluding hydrogens is 408 g/mol. The molecule has 0 N–H and O–H groups in total. The van der Waals surface area contributed by atoms with Crippen LogP contribution in [0.5, 0.6) is 11.5 Å². The average molecular weight is 433 g/mol. The normalized spacial score (nSPS) is 10.8. The Morgan fingerprint density at radius 2 is 1.71 bits per heavy atom. The third kappa shape index (κ3) is 4.39. The predicted molar refractivity (Wildman–Crippen MR) is 126 cm³/mol. The Labute approximate surface area is 185 Å². The van der Waals surface area contributed by atoms with Gasteiger partial charge in [0.05, 0.1) is 31.0 Å². The molecule has 0 saturated carbocycles. The molecule has 158 valence electrons. The first-order valence-corrected chi connectivity index (χ1v) is 10.8. The van der Waals surface area contributed by atoms with Crippen LogP contribution in [0.3, 0.4) is 0 Å². The fourth-order valence-electron chi connectivity index (χ4n) is 3.49. The molecule has 0 saturated heterocycles. The summed E-state index contributed by atoms with van der Waals surface area (Å²) in [5, 5.41) is 0.974. The summed E-state index contributed by atoms with van der Waals surface area (Å²) in [6.07, 6.45) is 0. The smallest absolute Gasteiger partial charge is 0.224 e. The number of aromatic nitrogens is 1. The third-order valence-corrected chi connectivity index (χ3v) is 6.21. The highest BCUT2D eigenvalue weighted by molar-refractivity contribution is 7.21. The molecule has 0 unspecified atom stereocenters. The van der Waals surface area contributed by atoms with Crippen molar-refractivity contribution in [1.82, 2.24) is 4.98 Å². The fraction of sp³-hybridized carbons (Fsp3) is 0.200. The number of methoxy groups -OCH3 is 2. The van der Waals surface area contributed by atoms with Gasteiger partial charge in [-0.1, -0.05) is 12.1 Å². The predicted octanol–water partition coefficient (Wildman–Crippen LogP) is 5.84.